The highest BCUT2D eigenvalue weighted by molar-refractivity contribution is 7.99. The van der Waals surface area contributed by atoms with Gasteiger partial charge < -0.3 is 11.1 Å². The van der Waals surface area contributed by atoms with Gasteiger partial charge in [-0.15, -0.1) is 0 Å². The fourth-order valence-corrected chi connectivity index (χ4v) is 3.30. The summed E-state index contributed by atoms with van der Waals surface area (Å²) in [6.07, 6.45) is 5.14. The minimum atomic E-state index is 0.176. The standard InChI is InChI=1S/C12H24N2OS/c1-2-3-11(9-13)14-12(15)8-10-4-6-16-7-5-10/h10-11H,2-9,13H2,1H3,(H,14,15). The Morgan fingerprint density at radius 3 is 2.75 bits per heavy atom. The fraction of sp³-hybridized carbons (Fsp3) is 0.917. The molecular weight excluding hydrogens is 220 g/mol. The zero-order valence-corrected chi connectivity index (χ0v) is 11.0. The van der Waals surface area contributed by atoms with Crippen molar-refractivity contribution in [1.82, 2.24) is 5.32 Å². The average molecular weight is 244 g/mol. The molecular formula is C12H24N2OS. The summed E-state index contributed by atoms with van der Waals surface area (Å²) in [5.41, 5.74) is 5.62. The van der Waals surface area contributed by atoms with Crippen LogP contribution >= 0.6 is 11.8 Å². The molecule has 0 bridgehead atoms. The zero-order chi connectivity index (χ0) is 11.8. The maximum atomic E-state index is 11.8. The molecule has 0 aliphatic carbocycles. The van der Waals surface area contributed by atoms with Crippen molar-refractivity contribution >= 4 is 17.7 Å². The average Bonchev–Trinajstić information content (AvgIpc) is 2.29. The summed E-state index contributed by atoms with van der Waals surface area (Å²) in [5, 5.41) is 3.04. The second-order valence-corrected chi connectivity index (χ2v) is 5.77. The maximum absolute atomic E-state index is 11.8. The van der Waals surface area contributed by atoms with Crippen LogP contribution in [0.4, 0.5) is 0 Å². The van der Waals surface area contributed by atoms with E-state index in [-0.39, 0.29) is 11.9 Å². The van der Waals surface area contributed by atoms with E-state index in [0.717, 1.165) is 12.8 Å². The molecule has 3 nitrogen and oxygen atoms in total. The third-order valence-electron chi connectivity index (χ3n) is 3.10. The first-order valence-corrected chi connectivity index (χ1v) is 7.49. The molecule has 1 rings (SSSR count). The van der Waals surface area contributed by atoms with Gasteiger partial charge in [0.15, 0.2) is 0 Å². The number of hydrogen-bond donors (Lipinski definition) is 2. The number of thioether (sulfide) groups is 1. The molecule has 1 aliphatic rings. The molecule has 16 heavy (non-hydrogen) atoms. The van der Waals surface area contributed by atoms with Crippen molar-refractivity contribution in [1.29, 1.82) is 0 Å². The van der Waals surface area contributed by atoms with Gasteiger partial charge in [0, 0.05) is 19.0 Å². The van der Waals surface area contributed by atoms with Gasteiger partial charge in [0.1, 0.15) is 0 Å². The maximum Gasteiger partial charge on any atom is 0.220 e. The summed E-state index contributed by atoms with van der Waals surface area (Å²) >= 11 is 2.00. The smallest absolute Gasteiger partial charge is 0.220 e. The van der Waals surface area contributed by atoms with Gasteiger partial charge in [0.25, 0.3) is 0 Å². The van der Waals surface area contributed by atoms with Crippen LogP contribution in [0.15, 0.2) is 0 Å². The lowest BCUT2D eigenvalue weighted by molar-refractivity contribution is -0.122. The van der Waals surface area contributed by atoms with Crippen molar-refractivity contribution in [3.63, 3.8) is 0 Å². The van der Waals surface area contributed by atoms with E-state index in [1.54, 1.807) is 0 Å². The van der Waals surface area contributed by atoms with E-state index < -0.39 is 0 Å². The topological polar surface area (TPSA) is 55.1 Å². The van der Waals surface area contributed by atoms with E-state index in [1.165, 1.54) is 24.3 Å². The number of rotatable bonds is 6. The Labute approximate surface area is 103 Å². The highest BCUT2D eigenvalue weighted by Gasteiger charge is 2.18. The van der Waals surface area contributed by atoms with E-state index in [4.69, 9.17) is 5.73 Å². The van der Waals surface area contributed by atoms with Crippen LogP contribution in [0.2, 0.25) is 0 Å². The van der Waals surface area contributed by atoms with Gasteiger partial charge >= 0.3 is 0 Å². The number of nitrogens with one attached hydrogen (secondary N) is 1. The van der Waals surface area contributed by atoms with E-state index in [2.05, 4.69) is 12.2 Å². The summed E-state index contributed by atoms with van der Waals surface area (Å²) in [4.78, 5) is 11.8. The third-order valence-corrected chi connectivity index (χ3v) is 4.15. The first-order chi connectivity index (χ1) is 7.76. The van der Waals surface area contributed by atoms with E-state index >= 15 is 0 Å². The van der Waals surface area contributed by atoms with Crippen molar-refractivity contribution in [3.8, 4) is 0 Å². The summed E-state index contributed by atoms with van der Waals surface area (Å²) in [6.45, 7) is 2.67. The Hall–Kier alpha value is -0.220. The summed E-state index contributed by atoms with van der Waals surface area (Å²) in [5.74, 6) is 3.22. The summed E-state index contributed by atoms with van der Waals surface area (Å²) in [7, 11) is 0. The van der Waals surface area contributed by atoms with Crippen molar-refractivity contribution in [2.45, 2.75) is 45.1 Å². The van der Waals surface area contributed by atoms with Gasteiger partial charge in [-0.1, -0.05) is 13.3 Å². The van der Waals surface area contributed by atoms with Crippen molar-refractivity contribution < 1.29 is 4.79 Å². The Kier molecular flexibility index (Phi) is 6.88. The molecule has 1 unspecified atom stereocenters. The highest BCUT2D eigenvalue weighted by atomic mass is 32.2. The lowest BCUT2D eigenvalue weighted by Gasteiger charge is -2.22. The minimum Gasteiger partial charge on any atom is -0.352 e. The predicted octanol–water partition coefficient (Wildman–Crippen LogP) is 1.76. The van der Waals surface area contributed by atoms with Crippen LogP contribution in [-0.2, 0) is 4.79 Å². The van der Waals surface area contributed by atoms with Crippen LogP contribution in [0.3, 0.4) is 0 Å². The second-order valence-electron chi connectivity index (χ2n) is 4.55. The zero-order valence-electron chi connectivity index (χ0n) is 10.2. The normalized spacial score (nSPS) is 19.4. The predicted molar refractivity (Wildman–Crippen MR) is 70.6 cm³/mol. The summed E-state index contributed by atoms with van der Waals surface area (Å²) < 4.78 is 0. The van der Waals surface area contributed by atoms with Gasteiger partial charge in [-0.2, -0.15) is 11.8 Å². The van der Waals surface area contributed by atoms with Crippen LogP contribution < -0.4 is 11.1 Å². The molecule has 0 aromatic carbocycles. The molecule has 1 heterocycles. The molecule has 94 valence electrons. The number of hydrogen-bond acceptors (Lipinski definition) is 3. The van der Waals surface area contributed by atoms with Crippen LogP contribution in [0.5, 0.6) is 0 Å². The Morgan fingerprint density at radius 2 is 2.19 bits per heavy atom. The first-order valence-electron chi connectivity index (χ1n) is 6.33. The third kappa shape index (κ3) is 5.21. The molecule has 4 heteroatoms. The Morgan fingerprint density at radius 1 is 1.50 bits per heavy atom. The number of carbonyl (C=O) groups excluding carboxylic acids is 1. The SMILES string of the molecule is CCCC(CN)NC(=O)CC1CCSCC1. The van der Waals surface area contributed by atoms with Gasteiger partial charge in [-0.05, 0) is 36.7 Å². The number of amides is 1. The number of nitrogens with two attached hydrogens (primary N) is 1. The van der Waals surface area contributed by atoms with Crippen LogP contribution in [0, 0.1) is 5.92 Å². The molecule has 0 spiro atoms. The Balaban J connectivity index is 2.22. The monoisotopic (exact) mass is 244 g/mol. The van der Waals surface area contributed by atoms with E-state index in [0.29, 0.717) is 18.9 Å². The van der Waals surface area contributed by atoms with E-state index in [1.807, 2.05) is 11.8 Å². The molecule has 0 saturated carbocycles. The quantitative estimate of drug-likeness (QED) is 0.748. The van der Waals surface area contributed by atoms with E-state index in [9.17, 15) is 4.79 Å². The Bertz CT molecular complexity index is 196. The molecule has 0 radical (unpaired) electrons. The summed E-state index contributed by atoms with van der Waals surface area (Å²) in [6, 6.07) is 0.176. The lowest BCUT2D eigenvalue weighted by atomic mass is 9.98. The van der Waals surface area contributed by atoms with Gasteiger partial charge in [0.2, 0.25) is 5.91 Å². The first kappa shape index (κ1) is 13.8. The fourth-order valence-electron chi connectivity index (χ4n) is 2.10. The molecule has 1 saturated heterocycles. The molecule has 1 atom stereocenters. The highest BCUT2D eigenvalue weighted by Crippen LogP contribution is 2.25. The molecule has 0 aromatic rings. The minimum absolute atomic E-state index is 0.176. The van der Waals surface area contributed by atoms with Gasteiger partial charge in [0.05, 0.1) is 0 Å². The number of carbonyl (C=O) groups is 1. The largest absolute Gasteiger partial charge is 0.352 e. The molecule has 3 N–H and O–H groups in total. The van der Waals surface area contributed by atoms with Gasteiger partial charge in [-0.3, -0.25) is 4.79 Å². The lowest BCUT2D eigenvalue weighted by Crippen LogP contribution is -2.40. The molecule has 1 fully saturated rings. The van der Waals surface area contributed by atoms with Crippen LogP contribution in [0.1, 0.15) is 39.0 Å². The molecule has 0 aromatic heterocycles. The van der Waals surface area contributed by atoms with Crippen molar-refractivity contribution in [2.24, 2.45) is 11.7 Å². The van der Waals surface area contributed by atoms with Crippen molar-refractivity contribution in [3.05, 3.63) is 0 Å². The van der Waals surface area contributed by atoms with Crippen LogP contribution in [-0.4, -0.2) is 30.0 Å². The second kappa shape index (κ2) is 7.96. The molecule has 1 amide bonds. The van der Waals surface area contributed by atoms with Crippen molar-refractivity contribution in [2.75, 3.05) is 18.1 Å². The molecule has 1 aliphatic heterocycles. The van der Waals surface area contributed by atoms with Crippen LogP contribution in [0.25, 0.3) is 0 Å². The van der Waals surface area contributed by atoms with Gasteiger partial charge in [-0.25, -0.2) is 0 Å².